The normalized spacial score (nSPS) is 12.3. The highest BCUT2D eigenvalue weighted by molar-refractivity contribution is 5.83. The second-order valence-electron chi connectivity index (χ2n) is 9.98. The molecule has 0 radical (unpaired) electrons. The molecular weight excluding hydrogens is 472 g/mol. The summed E-state index contributed by atoms with van der Waals surface area (Å²) in [4.78, 5) is 18.7. The molecule has 1 N–H and O–H groups in total. The van der Waals surface area contributed by atoms with E-state index in [0.29, 0.717) is 19.6 Å². The van der Waals surface area contributed by atoms with Gasteiger partial charge in [0.15, 0.2) is 5.82 Å². The number of hydrogen-bond acceptors (Lipinski definition) is 5. The van der Waals surface area contributed by atoms with Gasteiger partial charge in [-0.1, -0.05) is 73.7 Å². The van der Waals surface area contributed by atoms with E-state index >= 15 is 0 Å². The van der Waals surface area contributed by atoms with Crippen LogP contribution in [-0.2, 0) is 26.1 Å². The lowest BCUT2D eigenvalue weighted by Gasteiger charge is -2.30. The molecule has 5 rings (SSSR count). The Morgan fingerprint density at radius 2 is 1.63 bits per heavy atom. The molecule has 5 aromatic rings. The van der Waals surface area contributed by atoms with Gasteiger partial charge in [0.2, 0.25) is 0 Å². The van der Waals surface area contributed by atoms with Crippen LogP contribution in [0.3, 0.4) is 0 Å². The number of tetrazole rings is 1. The molecule has 1 unspecified atom stereocenters. The van der Waals surface area contributed by atoms with Crippen LogP contribution < -0.4 is 5.56 Å². The molecule has 0 aliphatic rings. The van der Waals surface area contributed by atoms with Crippen molar-refractivity contribution in [1.29, 1.82) is 0 Å². The standard InChI is InChI=1S/C31H34N6O/c1-4-29(30-33-34-35-37(30)16-15-24-11-7-5-8-12-24)36(20-25-13-9-6-10-14-25)21-26-19-27-23(3)17-22(2)18-28(27)32-31(26)38/h5-14,17-19,29H,4,15-16,20-21H2,1-3H3,(H,32,38). The smallest absolute Gasteiger partial charge is 0.252 e. The summed E-state index contributed by atoms with van der Waals surface area (Å²) >= 11 is 0. The molecule has 2 heterocycles. The molecule has 0 spiro atoms. The Kier molecular flexibility index (Phi) is 7.75. The van der Waals surface area contributed by atoms with Gasteiger partial charge in [-0.2, -0.15) is 0 Å². The zero-order valence-electron chi connectivity index (χ0n) is 22.3. The number of aromatic nitrogens is 5. The zero-order valence-corrected chi connectivity index (χ0v) is 22.3. The quantitative estimate of drug-likeness (QED) is 0.270. The van der Waals surface area contributed by atoms with Crippen molar-refractivity contribution in [1.82, 2.24) is 30.1 Å². The molecule has 0 aliphatic carbocycles. The van der Waals surface area contributed by atoms with Crippen LogP contribution in [-0.4, -0.2) is 30.1 Å². The lowest BCUT2D eigenvalue weighted by Crippen LogP contribution is -2.32. The molecule has 2 aromatic heterocycles. The third-order valence-corrected chi connectivity index (χ3v) is 7.13. The molecule has 0 saturated heterocycles. The van der Waals surface area contributed by atoms with Gasteiger partial charge < -0.3 is 4.98 Å². The summed E-state index contributed by atoms with van der Waals surface area (Å²) in [6.07, 6.45) is 1.65. The maximum atomic E-state index is 13.2. The van der Waals surface area contributed by atoms with E-state index in [2.05, 4.69) is 81.7 Å². The molecule has 0 bridgehead atoms. The highest BCUT2D eigenvalue weighted by atomic mass is 16.1. The summed E-state index contributed by atoms with van der Waals surface area (Å²) < 4.78 is 1.91. The number of rotatable bonds is 10. The van der Waals surface area contributed by atoms with E-state index in [-0.39, 0.29) is 11.6 Å². The Morgan fingerprint density at radius 3 is 2.34 bits per heavy atom. The predicted octanol–water partition coefficient (Wildman–Crippen LogP) is 5.53. The van der Waals surface area contributed by atoms with Crippen LogP contribution >= 0.6 is 0 Å². The zero-order chi connectivity index (χ0) is 26.5. The van der Waals surface area contributed by atoms with Gasteiger partial charge in [-0.25, -0.2) is 4.68 Å². The van der Waals surface area contributed by atoms with E-state index < -0.39 is 0 Å². The first kappa shape index (κ1) is 25.5. The first-order valence-corrected chi connectivity index (χ1v) is 13.2. The second-order valence-corrected chi connectivity index (χ2v) is 9.98. The molecule has 7 heteroatoms. The highest BCUT2D eigenvalue weighted by Crippen LogP contribution is 2.27. The van der Waals surface area contributed by atoms with Crippen molar-refractivity contribution in [2.45, 2.75) is 59.3 Å². The van der Waals surface area contributed by atoms with Crippen molar-refractivity contribution < 1.29 is 0 Å². The van der Waals surface area contributed by atoms with Crippen molar-refractivity contribution in [3.05, 3.63) is 123 Å². The first-order chi connectivity index (χ1) is 18.5. The SMILES string of the molecule is CCC(c1nnnn1CCc1ccccc1)N(Cc1ccccc1)Cc1cc2c(C)cc(C)cc2[nH]c1=O. The van der Waals surface area contributed by atoms with Gasteiger partial charge in [0.1, 0.15) is 0 Å². The number of fused-ring (bicyclic) bond motifs is 1. The van der Waals surface area contributed by atoms with Crippen LogP contribution in [0, 0.1) is 13.8 Å². The van der Waals surface area contributed by atoms with E-state index in [1.54, 1.807) is 0 Å². The number of aryl methyl sites for hydroxylation is 4. The number of hydrogen-bond donors (Lipinski definition) is 1. The molecule has 1 atom stereocenters. The first-order valence-electron chi connectivity index (χ1n) is 13.2. The summed E-state index contributed by atoms with van der Waals surface area (Å²) in [7, 11) is 0. The van der Waals surface area contributed by atoms with Gasteiger partial charge in [-0.15, -0.1) is 5.10 Å². The molecule has 194 valence electrons. The van der Waals surface area contributed by atoms with Crippen LogP contribution in [0.1, 0.15) is 53.0 Å². The molecule has 0 aliphatic heterocycles. The topological polar surface area (TPSA) is 79.7 Å². The maximum absolute atomic E-state index is 13.2. The van der Waals surface area contributed by atoms with Crippen LogP contribution in [0.4, 0.5) is 0 Å². The molecule has 0 amide bonds. The summed E-state index contributed by atoms with van der Waals surface area (Å²) in [5.41, 5.74) is 6.28. The Bertz CT molecular complexity index is 1560. The van der Waals surface area contributed by atoms with Gasteiger partial charge in [0, 0.05) is 36.1 Å². The van der Waals surface area contributed by atoms with Crippen molar-refractivity contribution in [3.8, 4) is 0 Å². The lowest BCUT2D eigenvalue weighted by atomic mass is 10.0. The maximum Gasteiger partial charge on any atom is 0.252 e. The number of pyridine rings is 1. The number of benzene rings is 3. The Labute approximate surface area is 223 Å². The third-order valence-electron chi connectivity index (χ3n) is 7.13. The molecule has 38 heavy (non-hydrogen) atoms. The average Bonchev–Trinajstić information content (AvgIpc) is 3.38. The van der Waals surface area contributed by atoms with Gasteiger partial charge >= 0.3 is 0 Å². The van der Waals surface area contributed by atoms with Gasteiger partial charge in [-0.05, 0) is 71.5 Å². The van der Waals surface area contributed by atoms with Crippen LogP contribution in [0.2, 0.25) is 0 Å². The minimum atomic E-state index is -0.0600. The highest BCUT2D eigenvalue weighted by Gasteiger charge is 2.26. The molecule has 0 fully saturated rings. The van der Waals surface area contributed by atoms with Crippen molar-refractivity contribution in [2.24, 2.45) is 0 Å². The number of H-pyrrole nitrogens is 1. The van der Waals surface area contributed by atoms with E-state index in [0.717, 1.165) is 46.3 Å². The predicted molar refractivity (Wildman–Crippen MR) is 151 cm³/mol. The van der Waals surface area contributed by atoms with Crippen LogP contribution in [0.15, 0.2) is 83.7 Å². The Hall–Kier alpha value is -4.10. The van der Waals surface area contributed by atoms with Gasteiger partial charge in [0.05, 0.1) is 6.04 Å². The molecule has 7 nitrogen and oxygen atoms in total. The van der Waals surface area contributed by atoms with E-state index in [1.807, 2.05) is 48.0 Å². The van der Waals surface area contributed by atoms with E-state index in [1.165, 1.54) is 11.1 Å². The van der Waals surface area contributed by atoms with Crippen LogP contribution in [0.5, 0.6) is 0 Å². The minimum Gasteiger partial charge on any atom is -0.322 e. The second kappa shape index (κ2) is 11.5. The summed E-state index contributed by atoms with van der Waals surface area (Å²) in [6.45, 7) is 8.14. The number of aromatic amines is 1. The Morgan fingerprint density at radius 1 is 0.921 bits per heavy atom. The lowest BCUT2D eigenvalue weighted by molar-refractivity contribution is 0.160. The monoisotopic (exact) mass is 506 g/mol. The number of nitrogens with zero attached hydrogens (tertiary/aromatic N) is 5. The molecule has 0 saturated carbocycles. The fourth-order valence-electron chi connectivity index (χ4n) is 5.24. The number of nitrogens with one attached hydrogen (secondary N) is 1. The van der Waals surface area contributed by atoms with Crippen molar-refractivity contribution in [2.75, 3.05) is 0 Å². The summed E-state index contributed by atoms with van der Waals surface area (Å²) in [6, 6.07) is 26.9. The average molecular weight is 507 g/mol. The molecule has 3 aromatic carbocycles. The van der Waals surface area contributed by atoms with Gasteiger partial charge in [0.25, 0.3) is 5.56 Å². The van der Waals surface area contributed by atoms with Crippen molar-refractivity contribution >= 4 is 10.9 Å². The van der Waals surface area contributed by atoms with E-state index in [9.17, 15) is 4.79 Å². The molecular formula is C31H34N6O. The van der Waals surface area contributed by atoms with Gasteiger partial charge in [-0.3, -0.25) is 9.69 Å². The van der Waals surface area contributed by atoms with Crippen LogP contribution in [0.25, 0.3) is 10.9 Å². The minimum absolute atomic E-state index is 0.0564. The fraction of sp³-hybridized carbons (Fsp3) is 0.290. The third kappa shape index (κ3) is 5.73. The Balaban J connectivity index is 1.49. The van der Waals surface area contributed by atoms with Crippen molar-refractivity contribution in [3.63, 3.8) is 0 Å². The fourth-order valence-corrected chi connectivity index (χ4v) is 5.24. The largest absolute Gasteiger partial charge is 0.322 e. The summed E-state index contributed by atoms with van der Waals surface area (Å²) in [5, 5.41) is 13.9. The summed E-state index contributed by atoms with van der Waals surface area (Å²) in [5.74, 6) is 0.823. The van der Waals surface area contributed by atoms with E-state index in [4.69, 9.17) is 0 Å².